The highest BCUT2D eigenvalue weighted by atomic mass is 16.5. The molecule has 1 aliphatic rings. The molecule has 9 heteroatoms. The minimum atomic E-state index is -0.297. The normalized spacial score (nSPS) is 14.6. The van der Waals surface area contributed by atoms with E-state index in [1.807, 2.05) is 12.1 Å². The van der Waals surface area contributed by atoms with Crippen molar-refractivity contribution in [3.05, 3.63) is 35.9 Å². The number of anilines is 2. The first kappa shape index (κ1) is 20.8. The fraction of sp³-hybridized carbons (Fsp3) is 0.364. The SMILES string of the molecule is COc1cc(C(=O)n2nc(N3CCN(C)CC3)c3cc(N)ccc32)cc(OC)c1OC. The van der Waals surface area contributed by atoms with Gasteiger partial charge in [0.05, 0.1) is 26.8 Å². The number of hydrogen-bond acceptors (Lipinski definition) is 8. The topological polar surface area (TPSA) is 95.1 Å². The maximum Gasteiger partial charge on any atom is 0.279 e. The summed E-state index contributed by atoms with van der Waals surface area (Å²) in [4.78, 5) is 18.0. The molecule has 0 unspecified atom stereocenters. The Hall–Kier alpha value is -3.46. The second-order valence-corrected chi connectivity index (χ2v) is 7.52. The van der Waals surface area contributed by atoms with Crippen LogP contribution in [0.2, 0.25) is 0 Å². The number of carbonyl (C=O) groups excluding carboxylic acids is 1. The molecule has 31 heavy (non-hydrogen) atoms. The summed E-state index contributed by atoms with van der Waals surface area (Å²) in [5.41, 5.74) is 7.75. The van der Waals surface area contributed by atoms with Crippen LogP contribution in [0.25, 0.3) is 10.9 Å². The van der Waals surface area contributed by atoms with Crippen molar-refractivity contribution in [1.82, 2.24) is 14.7 Å². The number of nitrogen functional groups attached to an aromatic ring is 1. The van der Waals surface area contributed by atoms with Gasteiger partial charge in [-0.05, 0) is 37.4 Å². The van der Waals surface area contributed by atoms with E-state index in [0.29, 0.717) is 34.0 Å². The Labute approximate surface area is 180 Å². The predicted octanol–water partition coefficient (Wildman–Crippen LogP) is 2.08. The average Bonchev–Trinajstić information content (AvgIpc) is 3.16. The predicted molar refractivity (Wildman–Crippen MR) is 120 cm³/mol. The lowest BCUT2D eigenvalue weighted by Gasteiger charge is -2.32. The van der Waals surface area contributed by atoms with E-state index in [9.17, 15) is 4.79 Å². The number of likely N-dealkylation sites (N-methyl/N-ethyl adjacent to an activating group) is 1. The van der Waals surface area contributed by atoms with Crippen LogP contribution in [-0.4, -0.2) is 75.1 Å². The standard InChI is InChI=1S/C22H27N5O4/c1-25-7-9-26(10-8-25)21-16-13-15(23)5-6-17(16)27(24-21)22(28)14-11-18(29-2)20(31-4)19(12-14)30-3/h5-6,11-13H,7-10,23H2,1-4H3. The lowest BCUT2D eigenvalue weighted by molar-refractivity contribution is 0.0949. The summed E-state index contributed by atoms with van der Waals surface area (Å²) < 4.78 is 17.6. The monoisotopic (exact) mass is 425 g/mol. The third-order valence-electron chi connectivity index (χ3n) is 5.59. The highest BCUT2D eigenvalue weighted by molar-refractivity contribution is 6.05. The van der Waals surface area contributed by atoms with Gasteiger partial charge in [-0.2, -0.15) is 4.68 Å². The number of benzene rings is 2. The van der Waals surface area contributed by atoms with Gasteiger partial charge in [0.2, 0.25) is 5.75 Å². The molecule has 0 aliphatic carbocycles. The number of piperazine rings is 1. The molecule has 4 rings (SSSR count). The fourth-order valence-corrected chi connectivity index (χ4v) is 3.85. The van der Waals surface area contributed by atoms with Crippen molar-refractivity contribution in [2.45, 2.75) is 0 Å². The summed E-state index contributed by atoms with van der Waals surface area (Å²) in [6.45, 7) is 3.51. The first-order valence-corrected chi connectivity index (χ1v) is 10.0. The van der Waals surface area contributed by atoms with E-state index in [1.165, 1.54) is 26.0 Å². The minimum absolute atomic E-state index is 0.297. The van der Waals surface area contributed by atoms with Gasteiger partial charge in [-0.25, -0.2) is 0 Å². The molecule has 2 heterocycles. The van der Waals surface area contributed by atoms with Crippen LogP contribution in [0, 0.1) is 0 Å². The van der Waals surface area contributed by atoms with E-state index in [4.69, 9.17) is 25.0 Å². The second kappa shape index (κ2) is 8.35. The number of nitrogens with two attached hydrogens (primary N) is 1. The maximum absolute atomic E-state index is 13.5. The number of ether oxygens (including phenoxy) is 3. The van der Waals surface area contributed by atoms with Gasteiger partial charge < -0.3 is 29.7 Å². The van der Waals surface area contributed by atoms with Crippen LogP contribution >= 0.6 is 0 Å². The van der Waals surface area contributed by atoms with Crippen molar-refractivity contribution < 1.29 is 19.0 Å². The van der Waals surface area contributed by atoms with Gasteiger partial charge >= 0.3 is 0 Å². The number of hydrogen-bond donors (Lipinski definition) is 1. The van der Waals surface area contributed by atoms with Crippen molar-refractivity contribution in [2.24, 2.45) is 0 Å². The lowest BCUT2D eigenvalue weighted by Crippen LogP contribution is -2.44. The molecule has 2 N–H and O–H groups in total. The molecule has 1 aliphatic heterocycles. The Morgan fingerprint density at radius 2 is 1.61 bits per heavy atom. The van der Waals surface area contributed by atoms with Crippen molar-refractivity contribution in [3.63, 3.8) is 0 Å². The molecular formula is C22H27N5O4. The highest BCUT2D eigenvalue weighted by Gasteiger charge is 2.25. The van der Waals surface area contributed by atoms with Crippen molar-refractivity contribution >= 4 is 28.3 Å². The van der Waals surface area contributed by atoms with Crippen LogP contribution in [0.4, 0.5) is 11.5 Å². The number of methoxy groups -OCH3 is 3. The molecule has 0 spiro atoms. The van der Waals surface area contributed by atoms with E-state index in [0.717, 1.165) is 37.4 Å². The molecule has 0 amide bonds. The summed E-state index contributed by atoms with van der Waals surface area (Å²) in [5, 5.41) is 5.57. The molecule has 9 nitrogen and oxygen atoms in total. The lowest BCUT2D eigenvalue weighted by atomic mass is 10.1. The number of rotatable bonds is 5. The summed E-state index contributed by atoms with van der Waals surface area (Å²) >= 11 is 0. The molecule has 1 aromatic heterocycles. The van der Waals surface area contributed by atoms with Crippen LogP contribution in [0.3, 0.4) is 0 Å². The first-order chi connectivity index (χ1) is 15.0. The van der Waals surface area contributed by atoms with Gasteiger partial charge in [-0.1, -0.05) is 0 Å². The Balaban J connectivity index is 1.82. The fourth-order valence-electron chi connectivity index (χ4n) is 3.85. The van der Waals surface area contributed by atoms with Crippen LogP contribution in [0.5, 0.6) is 17.2 Å². The zero-order valence-electron chi connectivity index (χ0n) is 18.2. The molecular weight excluding hydrogens is 398 g/mol. The van der Waals surface area contributed by atoms with Crippen molar-refractivity contribution in [1.29, 1.82) is 0 Å². The van der Waals surface area contributed by atoms with Crippen LogP contribution in [0.15, 0.2) is 30.3 Å². The zero-order valence-corrected chi connectivity index (χ0v) is 18.2. The second-order valence-electron chi connectivity index (χ2n) is 7.52. The number of aromatic nitrogens is 2. The minimum Gasteiger partial charge on any atom is -0.493 e. The molecule has 164 valence electrons. The van der Waals surface area contributed by atoms with Crippen LogP contribution in [-0.2, 0) is 0 Å². The molecule has 0 atom stereocenters. The molecule has 0 bridgehead atoms. The highest BCUT2D eigenvalue weighted by Crippen LogP contribution is 2.39. The first-order valence-electron chi connectivity index (χ1n) is 10.0. The number of carbonyl (C=O) groups is 1. The maximum atomic E-state index is 13.5. The smallest absolute Gasteiger partial charge is 0.279 e. The Bertz CT molecular complexity index is 1090. The third kappa shape index (κ3) is 3.72. The largest absolute Gasteiger partial charge is 0.493 e. The van der Waals surface area contributed by atoms with E-state index in [-0.39, 0.29) is 5.91 Å². The summed E-state index contributed by atoms with van der Waals surface area (Å²) in [7, 11) is 6.65. The quantitative estimate of drug-likeness (QED) is 0.621. The molecule has 2 aromatic carbocycles. The average molecular weight is 425 g/mol. The molecule has 1 saturated heterocycles. The summed E-state index contributed by atoms with van der Waals surface area (Å²) in [6, 6.07) is 8.73. The van der Waals surface area contributed by atoms with Crippen LogP contribution < -0.4 is 24.8 Å². The van der Waals surface area contributed by atoms with Gasteiger partial charge in [-0.15, -0.1) is 5.10 Å². The Morgan fingerprint density at radius 3 is 2.19 bits per heavy atom. The van der Waals surface area contributed by atoms with Crippen molar-refractivity contribution in [2.75, 3.05) is 65.2 Å². The Kier molecular flexibility index (Phi) is 5.60. The van der Waals surface area contributed by atoms with E-state index in [2.05, 4.69) is 16.8 Å². The van der Waals surface area contributed by atoms with Gasteiger partial charge in [0, 0.05) is 42.8 Å². The molecule has 3 aromatic rings. The van der Waals surface area contributed by atoms with Crippen LogP contribution in [0.1, 0.15) is 10.4 Å². The van der Waals surface area contributed by atoms with Gasteiger partial charge in [0.1, 0.15) is 0 Å². The Morgan fingerprint density at radius 1 is 0.968 bits per heavy atom. The molecule has 0 saturated carbocycles. The molecule has 0 radical (unpaired) electrons. The van der Waals surface area contributed by atoms with Gasteiger partial charge in [0.25, 0.3) is 5.91 Å². The van der Waals surface area contributed by atoms with Crippen molar-refractivity contribution in [3.8, 4) is 17.2 Å². The third-order valence-corrected chi connectivity index (χ3v) is 5.59. The zero-order chi connectivity index (χ0) is 22.1. The van der Waals surface area contributed by atoms with E-state index >= 15 is 0 Å². The molecule has 1 fully saturated rings. The van der Waals surface area contributed by atoms with Gasteiger partial charge in [0.15, 0.2) is 17.3 Å². The van der Waals surface area contributed by atoms with E-state index < -0.39 is 0 Å². The number of fused-ring (bicyclic) bond motifs is 1. The number of nitrogens with zero attached hydrogens (tertiary/aromatic N) is 4. The summed E-state index contributed by atoms with van der Waals surface area (Å²) in [6.07, 6.45) is 0. The summed E-state index contributed by atoms with van der Waals surface area (Å²) in [5.74, 6) is 1.71. The van der Waals surface area contributed by atoms with Gasteiger partial charge in [-0.3, -0.25) is 4.79 Å². The van der Waals surface area contributed by atoms with E-state index in [1.54, 1.807) is 18.2 Å².